The van der Waals surface area contributed by atoms with Gasteiger partial charge in [0.2, 0.25) is 5.95 Å². The minimum absolute atomic E-state index is 0.00839. The first-order valence-corrected chi connectivity index (χ1v) is 11.5. The summed E-state index contributed by atoms with van der Waals surface area (Å²) >= 11 is 0. The summed E-state index contributed by atoms with van der Waals surface area (Å²) in [4.78, 5) is 11.3. The second kappa shape index (κ2) is 8.61. The highest BCUT2D eigenvalue weighted by Crippen LogP contribution is 2.34. The van der Waals surface area contributed by atoms with Crippen LogP contribution in [0, 0.1) is 5.82 Å². The maximum atomic E-state index is 14.4. The Morgan fingerprint density at radius 1 is 1.23 bits per heavy atom. The lowest BCUT2D eigenvalue weighted by atomic mass is 9.92. The minimum atomic E-state index is -0.886. The zero-order chi connectivity index (χ0) is 24.9. The number of nitrogens with two attached hydrogens (primary N) is 1. The van der Waals surface area contributed by atoms with E-state index in [9.17, 15) is 14.6 Å². The van der Waals surface area contributed by atoms with Crippen LogP contribution in [0.1, 0.15) is 38.4 Å². The molecule has 4 N–H and O–H groups in total. The van der Waals surface area contributed by atoms with Crippen molar-refractivity contribution < 1.29 is 19.3 Å². The number of aliphatic hydroxyl groups is 2. The van der Waals surface area contributed by atoms with Crippen LogP contribution < -0.4 is 15.4 Å². The molecule has 2 atom stereocenters. The number of aliphatic hydroxyl groups excluding tert-OH is 2. The fourth-order valence-electron chi connectivity index (χ4n) is 4.61. The Morgan fingerprint density at radius 3 is 2.71 bits per heavy atom. The van der Waals surface area contributed by atoms with Crippen molar-refractivity contribution in [2.24, 2.45) is 0 Å². The fourth-order valence-corrected chi connectivity index (χ4v) is 4.61. The average molecular weight is 485 g/mol. The molecule has 3 aromatic heterocycles. The molecule has 1 fully saturated rings. The summed E-state index contributed by atoms with van der Waals surface area (Å²) < 4.78 is 22.6. The van der Waals surface area contributed by atoms with Crippen LogP contribution in [0.4, 0.5) is 16.0 Å². The number of hydrogen-bond acceptors (Lipinski definition) is 9. The lowest BCUT2D eigenvalue weighted by molar-refractivity contribution is 0.0681. The van der Waals surface area contributed by atoms with Crippen LogP contribution in [0.3, 0.4) is 0 Å². The highest BCUT2D eigenvalue weighted by atomic mass is 19.1. The van der Waals surface area contributed by atoms with Crippen molar-refractivity contribution >= 4 is 28.2 Å². The molecular weight excluding hydrogens is 455 g/mol. The standard InChI is InChI=1S/C23H29FN8O3/c1-13-4-5-14(9-30(13)15-8-26-31(10-15)23(2,11-33)12-34)20-28-21-16-6-17(24)19(35-3)7-18(16)27-22(25)32(21)29-20/h6-8,10,13-14,33-34H,4-5,9,11-12H2,1-3H3,(H2,25,27)/t13-,14+/m1/s1. The molecule has 1 aliphatic rings. The summed E-state index contributed by atoms with van der Waals surface area (Å²) in [7, 11) is 1.40. The summed E-state index contributed by atoms with van der Waals surface area (Å²) in [6, 6.07) is 3.10. The summed E-state index contributed by atoms with van der Waals surface area (Å²) in [5, 5.41) is 29.0. The van der Waals surface area contributed by atoms with Gasteiger partial charge in [0.25, 0.3) is 0 Å². The molecule has 0 spiro atoms. The lowest BCUT2D eigenvalue weighted by Gasteiger charge is -2.38. The third-order valence-electron chi connectivity index (χ3n) is 6.97. The second-order valence-corrected chi connectivity index (χ2v) is 9.41. The van der Waals surface area contributed by atoms with Gasteiger partial charge in [-0.1, -0.05) is 0 Å². The predicted molar refractivity (Wildman–Crippen MR) is 128 cm³/mol. The van der Waals surface area contributed by atoms with Gasteiger partial charge in [-0.15, -0.1) is 5.10 Å². The van der Waals surface area contributed by atoms with Gasteiger partial charge in [-0.2, -0.15) is 9.61 Å². The van der Waals surface area contributed by atoms with Crippen LogP contribution in [0.15, 0.2) is 24.5 Å². The van der Waals surface area contributed by atoms with Crippen molar-refractivity contribution in [3.63, 3.8) is 0 Å². The maximum Gasteiger partial charge on any atom is 0.223 e. The molecule has 4 aromatic rings. The van der Waals surface area contributed by atoms with Crippen LogP contribution in [0.5, 0.6) is 5.75 Å². The molecule has 5 rings (SSSR count). The minimum Gasteiger partial charge on any atom is -0.494 e. The number of anilines is 2. The quantitative estimate of drug-likeness (QED) is 0.373. The molecular formula is C23H29FN8O3. The number of piperidine rings is 1. The Balaban J connectivity index is 1.49. The van der Waals surface area contributed by atoms with Crippen molar-refractivity contribution in [2.75, 3.05) is 37.5 Å². The van der Waals surface area contributed by atoms with Crippen molar-refractivity contribution in [3.05, 3.63) is 36.2 Å². The molecule has 0 saturated carbocycles. The van der Waals surface area contributed by atoms with Gasteiger partial charge in [-0.05, 0) is 32.8 Å². The number of halogens is 1. The number of hydrogen-bond donors (Lipinski definition) is 3. The van der Waals surface area contributed by atoms with E-state index < -0.39 is 11.4 Å². The van der Waals surface area contributed by atoms with Crippen molar-refractivity contribution in [2.45, 2.75) is 44.2 Å². The smallest absolute Gasteiger partial charge is 0.223 e. The average Bonchev–Trinajstić information content (AvgIpc) is 3.53. The Morgan fingerprint density at radius 2 is 2.00 bits per heavy atom. The molecule has 12 heteroatoms. The van der Waals surface area contributed by atoms with E-state index in [2.05, 4.69) is 27.0 Å². The molecule has 1 aliphatic heterocycles. The number of nitrogens with zero attached hydrogens (tertiary/aromatic N) is 7. The molecule has 0 bridgehead atoms. The van der Waals surface area contributed by atoms with E-state index in [0.29, 0.717) is 28.9 Å². The number of methoxy groups -OCH3 is 1. The first kappa shape index (κ1) is 23.2. The molecule has 0 amide bonds. The summed E-state index contributed by atoms with van der Waals surface area (Å²) in [5.41, 5.74) is 7.09. The summed E-state index contributed by atoms with van der Waals surface area (Å²) in [5.74, 6) is 0.362. The third kappa shape index (κ3) is 3.82. The molecule has 0 aliphatic carbocycles. The largest absolute Gasteiger partial charge is 0.494 e. The SMILES string of the molecule is COc1cc2nc(N)n3nc([C@H]4CC[C@@H](C)N(c5cnn(C(C)(CO)CO)c5)C4)nc3c2cc1F. The summed E-state index contributed by atoms with van der Waals surface area (Å²) in [6.45, 7) is 4.07. The van der Waals surface area contributed by atoms with Gasteiger partial charge < -0.3 is 25.6 Å². The maximum absolute atomic E-state index is 14.4. The van der Waals surface area contributed by atoms with Crippen molar-refractivity contribution in [3.8, 4) is 5.75 Å². The van der Waals surface area contributed by atoms with Gasteiger partial charge in [0, 0.05) is 36.2 Å². The van der Waals surface area contributed by atoms with Crippen molar-refractivity contribution in [1.29, 1.82) is 0 Å². The van der Waals surface area contributed by atoms with E-state index in [1.165, 1.54) is 23.8 Å². The number of fused-ring (bicyclic) bond motifs is 3. The van der Waals surface area contributed by atoms with E-state index in [-0.39, 0.29) is 36.9 Å². The number of benzene rings is 1. The van der Waals surface area contributed by atoms with Gasteiger partial charge in [-0.25, -0.2) is 14.4 Å². The zero-order valence-corrected chi connectivity index (χ0v) is 19.9. The van der Waals surface area contributed by atoms with Crippen LogP contribution in [0.2, 0.25) is 0 Å². The number of ether oxygens (including phenoxy) is 1. The Kier molecular flexibility index (Phi) is 5.72. The molecule has 186 valence electrons. The predicted octanol–water partition coefficient (Wildman–Crippen LogP) is 1.68. The normalized spacial score (nSPS) is 19.1. The van der Waals surface area contributed by atoms with Crippen LogP contribution in [0.25, 0.3) is 16.6 Å². The molecule has 35 heavy (non-hydrogen) atoms. The highest BCUT2D eigenvalue weighted by Gasteiger charge is 2.32. The Bertz CT molecular complexity index is 1380. The van der Waals surface area contributed by atoms with Crippen LogP contribution in [-0.2, 0) is 5.54 Å². The van der Waals surface area contributed by atoms with Crippen LogP contribution >= 0.6 is 0 Å². The topological polar surface area (TPSA) is 140 Å². The van der Waals surface area contributed by atoms with E-state index in [1.54, 1.807) is 17.8 Å². The lowest BCUT2D eigenvalue weighted by Crippen LogP contribution is -2.41. The molecule has 0 unspecified atom stereocenters. The van der Waals surface area contributed by atoms with Gasteiger partial charge >= 0.3 is 0 Å². The van der Waals surface area contributed by atoms with Gasteiger partial charge in [0.15, 0.2) is 23.0 Å². The van der Waals surface area contributed by atoms with Crippen LogP contribution in [-0.4, -0.2) is 72.5 Å². The Labute approximate surface area is 200 Å². The molecule has 1 aromatic carbocycles. The van der Waals surface area contributed by atoms with Gasteiger partial charge in [0.05, 0.1) is 37.7 Å². The van der Waals surface area contributed by atoms with Gasteiger partial charge in [0.1, 0.15) is 5.54 Å². The van der Waals surface area contributed by atoms with Crippen molar-refractivity contribution in [1.82, 2.24) is 29.4 Å². The summed E-state index contributed by atoms with van der Waals surface area (Å²) in [6.07, 6.45) is 5.36. The first-order valence-electron chi connectivity index (χ1n) is 11.5. The first-order chi connectivity index (χ1) is 16.8. The van der Waals surface area contributed by atoms with E-state index in [4.69, 9.17) is 15.5 Å². The fraction of sp³-hybridized carbons (Fsp3) is 0.478. The molecule has 11 nitrogen and oxygen atoms in total. The monoisotopic (exact) mass is 484 g/mol. The van der Waals surface area contributed by atoms with Gasteiger partial charge in [-0.3, -0.25) is 4.68 Å². The molecule has 0 radical (unpaired) electrons. The number of rotatable bonds is 6. The van der Waals surface area contributed by atoms with E-state index >= 15 is 0 Å². The molecule has 4 heterocycles. The number of nitrogen functional groups attached to an aromatic ring is 1. The number of aromatic nitrogens is 6. The Hall–Kier alpha value is -3.51. The van der Waals surface area contributed by atoms with E-state index in [1.807, 2.05) is 6.20 Å². The molecule has 1 saturated heterocycles. The second-order valence-electron chi connectivity index (χ2n) is 9.41. The third-order valence-corrected chi connectivity index (χ3v) is 6.97. The zero-order valence-electron chi connectivity index (χ0n) is 19.9. The van der Waals surface area contributed by atoms with E-state index in [0.717, 1.165) is 18.5 Å². The highest BCUT2D eigenvalue weighted by molar-refractivity contribution is 5.93.